The Morgan fingerprint density at radius 3 is 2.22 bits per heavy atom. The van der Waals surface area contributed by atoms with Crippen LogP contribution in [0.3, 0.4) is 0 Å². The summed E-state index contributed by atoms with van der Waals surface area (Å²) in [7, 11) is 1.89. The number of amides is 1. The van der Waals surface area contributed by atoms with Crippen LogP contribution in [-0.2, 0) is 19.0 Å². The van der Waals surface area contributed by atoms with E-state index in [0.717, 1.165) is 22.5 Å². The second kappa shape index (κ2) is 9.34. The third-order valence-electron chi connectivity index (χ3n) is 5.41. The first-order chi connectivity index (χ1) is 15.0. The third kappa shape index (κ3) is 5.60. The van der Waals surface area contributed by atoms with Gasteiger partial charge in [0, 0.05) is 29.6 Å². The Hall–Kier alpha value is -3.48. The zero-order valence-corrected chi connectivity index (χ0v) is 19.5. The number of nitrogens with one attached hydrogen (secondary N) is 2. The molecule has 0 unspecified atom stereocenters. The number of benzene rings is 2. The number of carbonyl (C=O) groups excluding carboxylic acids is 1. The molecule has 7 heteroatoms. The van der Waals surface area contributed by atoms with Crippen molar-refractivity contribution in [3.8, 4) is 0 Å². The molecule has 1 amide bonds. The van der Waals surface area contributed by atoms with Crippen molar-refractivity contribution in [3.63, 3.8) is 0 Å². The van der Waals surface area contributed by atoms with Gasteiger partial charge in [0.2, 0.25) is 5.96 Å². The van der Waals surface area contributed by atoms with Crippen molar-refractivity contribution in [3.05, 3.63) is 82.4 Å². The van der Waals surface area contributed by atoms with E-state index in [2.05, 4.69) is 41.5 Å². The lowest BCUT2D eigenvalue weighted by atomic mass is 9.87. The quantitative estimate of drug-likeness (QED) is 0.454. The van der Waals surface area contributed by atoms with Crippen molar-refractivity contribution in [1.82, 2.24) is 15.1 Å². The second-order valence-electron chi connectivity index (χ2n) is 8.85. The molecule has 168 valence electrons. The molecule has 0 aliphatic heterocycles. The molecular formula is C25H30FN5O. The Balaban J connectivity index is 1.84. The van der Waals surface area contributed by atoms with E-state index in [1.807, 2.05) is 37.7 Å². The zero-order chi connectivity index (χ0) is 23.5. The molecule has 0 radical (unpaired) electrons. The molecule has 3 aromatic rings. The summed E-state index contributed by atoms with van der Waals surface area (Å²) in [5.41, 5.74) is 5.19. The van der Waals surface area contributed by atoms with E-state index in [0.29, 0.717) is 17.8 Å². The molecular weight excluding hydrogens is 405 g/mol. The van der Waals surface area contributed by atoms with Crippen LogP contribution in [0.15, 0.2) is 53.5 Å². The van der Waals surface area contributed by atoms with Crippen molar-refractivity contribution < 1.29 is 9.18 Å². The summed E-state index contributed by atoms with van der Waals surface area (Å²) in [6, 6.07) is 13.4. The molecule has 32 heavy (non-hydrogen) atoms. The lowest BCUT2D eigenvalue weighted by Crippen LogP contribution is -2.36. The minimum Gasteiger partial charge on any atom is -0.326 e. The molecule has 1 heterocycles. The number of aryl methyl sites for hydroxylation is 2. The fourth-order valence-electron chi connectivity index (χ4n) is 3.29. The maximum Gasteiger partial charge on any atom is 0.257 e. The number of anilines is 1. The summed E-state index contributed by atoms with van der Waals surface area (Å²) in [6.07, 6.45) is 0. The summed E-state index contributed by atoms with van der Waals surface area (Å²) in [6.45, 7) is 10.6. The largest absolute Gasteiger partial charge is 0.326 e. The lowest BCUT2D eigenvalue weighted by molar-refractivity contribution is 0.0977. The number of aromatic nitrogens is 2. The normalized spacial score (nSPS) is 12.0. The summed E-state index contributed by atoms with van der Waals surface area (Å²) in [4.78, 5) is 17.5. The predicted molar refractivity (Wildman–Crippen MR) is 126 cm³/mol. The average molecular weight is 436 g/mol. The average Bonchev–Trinajstić information content (AvgIpc) is 2.98. The van der Waals surface area contributed by atoms with Gasteiger partial charge >= 0.3 is 0 Å². The van der Waals surface area contributed by atoms with Gasteiger partial charge in [-0.2, -0.15) is 5.10 Å². The number of hydrogen-bond donors (Lipinski definition) is 2. The second-order valence-corrected chi connectivity index (χ2v) is 8.85. The van der Waals surface area contributed by atoms with Crippen LogP contribution in [0.4, 0.5) is 10.1 Å². The standard InChI is InChI=1S/C25H30FN5O/c1-16-22(17(2)31(6)30-16)15-27-24(28-21-13-11-20(26)12-14-21)29-23(32)18-7-9-19(10-8-18)25(3,4)5/h7-14H,15H2,1-6H3,(H2,27,28,29,32). The van der Waals surface area contributed by atoms with Crippen LogP contribution < -0.4 is 10.6 Å². The fourth-order valence-corrected chi connectivity index (χ4v) is 3.29. The van der Waals surface area contributed by atoms with Crippen LogP contribution in [0.1, 0.15) is 53.6 Å². The Labute approximate surface area is 188 Å². The highest BCUT2D eigenvalue weighted by Gasteiger charge is 2.16. The van der Waals surface area contributed by atoms with Gasteiger partial charge in [-0.25, -0.2) is 9.38 Å². The molecule has 0 aliphatic carbocycles. The molecule has 2 N–H and O–H groups in total. The van der Waals surface area contributed by atoms with Gasteiger partial charge in [0.25, 0.3) is 5.91 Å². The predicted octanol–water partition coefficient (Wildman–Crippen LogP) is 4.87. The SMILES string of the molecule is Cc1nn(C)c(C)c1CN=C(NC(=O)c1ccc(C(C)(C)C)cc1)Nc1ccc(F)cc1. The molecule has 0 saturated heterocycles. The highest BCUT2D eigenvalue weighted by molar-refractivity contribution is 6.09. The molecule has 6 nitrogen and oxygen atoms in total. The van der Waals surface area contributed by atoms with E-state index in [4.69, 9.17) is 0 Å². The van der Waals surface area contributed by atoms with Gasteiger partial charge in [0.1, 0.15) is 5.82 Å². The van der Waals surface area contributed by atoms with Crippen molar-refractivity contribution in [2.24, 2.45) is 12.0 Å². The zero-order valence-electron chi connectivity index (χ0n) is 19.5. The van der Waals surface area contributed by atoms with E-state index in [1.165, 1.54) is 12.1 Å². The van der Waals surface area contributed by atoms with E-state index in [1.54, 1.807) is 24.3 Å². The molecule has 0 saturated carbocycles. The van der Waals surface area contributed by atoms with Crippen LogP contribution in [0.25, 0.3) is 0 Å². The van der Waals surface area contributed by atoms with E-state index >= 15 is 0 Å². The lowest BCUT2D eigenvalue weighted by Gasteiger charge is -2.19. The Kier molecular flexibility index (Phi) is 6.77. The Morgan fingerprint density at radius 1 is 1.06 bits per heavy atom. The molecule has 2 aromatic carbocycles. The van der Waals surface area contributed by atoms with E-state index in [-0.39, 0.29) is 23.1 Å². The molecule has 1 aromatic heterocycles. The fraction of sp³-hybridized carbons (Fsp3) is 0.320. The maximum atomic E-state index is 13.3. The number of guanidine groups is 1. The van der Waals surface area contributed by atoms with Crippen LogP contribution in [0, 0.1) is 19.7 Å². The molecule has 0 aliphatic rings. The van der Waals surface area contributed by atoms with Gasteiger partial charge in [-0.1, -0.05) is 32.9 Å². The molecule has 0 spiro atoms. The summed E-state index contributed by atoms with van der Waals surface area (Å²) in [5.74, 6) is -0.332. The summed E-state index contributed by atoms with van der Waals surface area (Å²) in [5, 5.41) is 10.3. The molecule has 3 rings (SSSR count). The minimum atomic E-state index is -0.335. The van der Waals surface area contributed by atoms with E-state index in [9.17, 15) is 9.18 Å². The van der Waals surface area contributed by atoms with Gasteiger partial charge < -0.3 is 5.32 Å². The van der Waals surface area contributed by atoms with Gasteiger partial charge in [-0.3, -0.25) is 14.8 Å². The van der Waals surface area contributed by atoms with Gasteiger partial charge in [0.05, 0.1) is 12.2 Å². The van der Waals surface area contributed by atoms with E-state index < -0.39 is 0 Å². The van der Waals surface area contributed by atoms with Gasteiger partial charge in [-0.05, 0) is 61.2 Å². The minimum absolute atomic E-state index is 0.00516. The van der Waals surface area contributed by atoms with Crippen LogP contribution in [0.5, 0.6) is 0 Å². The monoisotopic (exact) mass is 435 g/mol. The number of nitrogens with zero attached hydrogens (tertiary/aromatic N) is 3. The molecule has 0 fully saturated rings. The number of carbonyl (C=O) groups is 1. The third-order valence-corrected chi connectivity index (χ3v) is 5.41. The topological polar surface area (TPSA) is 71.3 Å². The van der Waals surface area contributed by atoms with Gasteiger partial charge in [0.15, 0.2) is 0 Å². The van der Waals surface area contributed by atoms with Crippen molar-refractivity contribution in [2.75, 3.05) is 5.32 Å². The highest BCUT2D eigenvalue weighted by atomic mass is 19.1. The first-order valence-corrected chi connectivity index (χ1v) is 10.5. The summed E-state index contributed by atoms with van der Waals surface area (Å²) < 4.78 is 15.1. The smallest absolute Gasteiger partial charge is 0.257 e. The first-order valence-electron chi connectivity index (χ1n) is 10.5. The first kappa shape index (κ1) is 23.2. The highest BCUT2D eigenvalue weighted by Crippen LogP contribution is 2.22. The Morgan fingerprint density at radius 2 is 1.69 bits per heavy atom. The Bertz CT molecular complexity index is 1120. The van der Waals surface area contributed by atoms with Crippen LogP contribution in [0.2, 0.25) is 0 Å². The van der Waals surface area contributed by atoms with Crippen LogP contribution in [-0.4, -0.2) is 21.6 Å². The van der Waals surface area contributed by atoms with Crippen molar-refractivity contribution >= 4 is 17.6 Å². The van der Waals surface area contributed by atoms with Crippen molar-refractivity contribution in [1.29, 1.82) is 0 Å². The summed E-state index contributed by atoms with van der Waals surface area (Å²) >= 11 is 0. The van der Waals surface area contributed by atoms with Crippen LogP contribution >= 0.6 is 0 Å². The number of hydrogen-bond acceptors (Lipinski definition) is 3. The van der Waals surface area contributed by atoms with Gasteiger partial charge in [-0.15, -0.1) is 0 Å². The molecule has 0 atom stereocenters. The maximum absolute atomic E-state index is 13.3. The molecule has 0 bridgehead atoms. The number of aliphatic imine (C=N–C) groups is 1. The number of rotatable bonds is 4. The number of halogens is 1. The van der Waals surface area contributed by atoms with Crippen molar-refractivity contribution in [2.45, 2.75) is 46.6 Å².